The van der Waals surface area contributed by atoms with Gasteiger partial charge in [0, 0.05) is 4.88 Å². The van der Waals surface area contributed by atoms with E-state index in [1.165, 1.54) is 12.1 Å². The summed E-state index contributed by atoms with van der Waals surface area (Å²) in [5.41, 5.74) is 1.84. The lowest BCUT2D eigenvalue weighted by Crippen LogP contribution is -1.91. The molecule has 0 saturated carbocycles. The summed E-state index contributed by atoms with van der Waals surface area (Å²) < 4.78 is 14.4. The van der Waals surface area contributed by atoms with Crippen LogP contribution in [0, 0.1) is 12.7 Å². The number of thiophene rings is 1. The van der Waals surface area contributed by atoms with Gasteiger partial charge in [-0.25, -0.2) is 4.39 Å². The Kier molecular flexibility index (Phi) is 4.14. The second kappa shape index (κ2) is 5.27. The van der Waals surface area contributed by atoms with Crippen LogP contribution in [0.15, 0.2) is 28.1 Å². The highest BCUT2D eigenvalue weighted by Crippen LogP contribution is 2.38. The number of alkyl halides is 1. The van der Waals surface area contributed by atoms with Gasteiger partial charge in [0.05, 0.1) is 14.2 Å². The van der Waals surface area contributed by atoms with Crippen molar-refractivity contribution in [3.63, 3.8) is 0 Å². The third kappa shape index (κ3) is 2.84. The molecule has 0 radical (unpaired) electrons. The molecule has 0 aliphatic carbocycles. The normalized spacial score (nSPS) is 12.8. The molecule has 0 amide bonds. The first-order valence-electron chi connectivity index (χ1n) is 4.84. The maximum atomic E-state index is 13.3. The Balaban J connectivity index is 2.36. The first kappa shape index (κ1) is 13.3. The summed E-state index contributed by atoms with van der Waals surface area (Å²) >= 11 is 17.0. The van der Waals surface area contributed by atoms with Crippen molar-refractivity contribution in [3.05, 3.63) is 54.9 Å². The zero-order valence-corrected chi connectivity index (χ0v) is 12.7. The summed E-state index contributed by atoms with van der Waals surface area (Å²) in [6, 6.07) is 6.64. The summed E-state index contributed by atoms with van der Waals surface area (Å²) in [5.74, 6) is -0.442. The third-order valence-electron chi connectivity index (χ3n) is 2.36. The molecule has 0 spiro atoms. The van der Waals surface area contributed by atoms with E-state index in [1.807, 2.05) is 13.0 Å². The predicted molar refractivity (Wildman–Crippen MR) is 75.9 cm³/mol. The van der Waals surface area contributed by atoms with Crippen LogP contribution in [0.25, 0.3) is 0 Å². The van der Waals surface area contributed by atoms with Gasteiger partial charge in [-0.2, -0.15) is 0 Å². The van der Waals surface area contributed by atoms with Gasteiger partial charge in [-0.05, 0) is 52.2 Å². The number of benzene rings is 1. The average Bonchev–Trinajstić information content (AvgIpc) is 2.62. The number of hydrogen-bond donors (Lipinski definition) is 0. The molecule has 2 aromatic rings. The van der Waals surface area contributed by atoms with Crippen LogP contribution in [0.1, 0.15) is 21.4 Å². The highest BCUT2D eigenvalue weighted by Gasteiger charge is 2.16. The van der Waals surface area contributed by atoms with Crippen molar-refractivity contribution in [1.29, 1.82) is 0 Å². The minimum absolute atomic E-state index is 0.112. The van der Waals surface area contributed by atoms with Crippen molar-refractivity contribution >= 4 is 50.5 Å². The highest BCUT2D eigenvalue weighted by molar-refractivity contribution is 9.11. The Labute approximate surface area is 121 Å². The molecule has 0 N–H and O–H groups in total. The van der Waals surface area contributed by atoms with Crippen LogP contribution in [0.5, 0.6) is 0 Å². The van der Waals surface area contributed by atoms with E-state index >= 15 is 0 Å². The zero-order chi connectivity index (χ0) is 12.6. The third-order valence-corrected chi connectivity index (χ3v) is 5.49. The lowest BCUT2D eigenvalue weighted by Gasteiger charge is -2.08. The highest BCUT2D eigenvalue weighted by atomic mass is 79.9. The van der Waals surface area contributed by atoms with Crippen LogP contribution in [0.3, 0.4) is 0 Å². The lowest BCUT2D eigenvalue weighted by molar-refractivity contribution is 0.626. The van der Waals surface area contributed by atoms with Crippen molar-refractivity contribution in [1.82, 2.24) is 0 Å². The van der Waals surface area contributed by atoms with E-state index in [2.05, 4.69) is 15.9 Å². The van der Waals surface area contributed by atoms with Gasteiger partial charge in [0.25, 0.3) is 0 Å². The van der Waals surface area contributed by atoms with E-state index in [0.717, 1.165) is 14.2 Å². The van der Waals surface area contributed by atoms with E-state index in [1.54, 1.807) is 17.4 Å². The minimum Gasteiger partial charge on any atom is -0.205 e. The monoisotopic (exact) mass is 352 g/mol. The van der Waals surface area contributed by atoms with Crippen molar-refractivity contribution < 1.29 is 4.39 Å². The maximum absolute atomic E-state index is 13.3. The zero-order valence-electron chi connectivity index (χ0n) is 8.81. The van der Waals surface area contributed by atoms with Gasteiger partial charge in [0.2, 0.25) is 0 Å². The quantitative estimate of drug-likeness (QED) is 0.586. The minimum atomic E-state index is -0.442. The van der Waals surface area contributed by atoms with Crippen LogP contribution in [0.4, 0.5) is 4.39 Å². The number of aryl methyl sites for hydroxylation is 1. The van der Waals surface area contributed by atoms with Crippen molar-refractivity contribution in [3.8, 4) is 0 Å². The molecule has 0 nitrogen and oxygen atoms in total. The Bertz CT molecular complexity index is 534. The number of halogens is 4. The van der Waals surface area contributed by atoms with Crippen molar-refractivity contribution in [2.24, 2.45) is 0 Å². The smallest absolute Gasteiger partial charge is 0.142 e. The van der Waals surface area contributed by atoms with Crippen LogP contribution < -0.4 is 0 Å². The Morgan fingerprint density at radius 3 is 2.59 bits per heavy atom. The van der Waals surface area contributed by atoms with Gasteiger partial charge in [-0.3, -0.25) is 0 Å². The molecule has 0 aliphatic heterocycles. The lowest BCUT2D eigenvalue weighted by atomic mass is 10.1. The van der Waals surface area contributed by atoms with Gasteiger partial charge < -0.3 is 0 Å². The van der Waals surface area contributed by atoms with E-state index in [9.17, 15) is 4.39 Å². The molecule has 1 aromatic heterocycles. The second-order valence-corrected chi connectivity index (χ2v) is 6.89. The summed E-state index contributed by atoms with van der Waals surface area (Å²) in [7, 11) is 0. The second-order valence-electron chi connectivity index (χ2n) is 3.64. The maximum Gasteiger partial charge on any atom is 0.142 e. The first-order chi connectivity index (χ1) is 7.99. The van der Waals surface area contributed by atoms with E-state index in [4.69, 9.17) is 23.2 Å². The first-order valence-corrected chi connectivity index (χ1v) is 7.26. The fraction of sp³-hybridized carbons (Fsp3) is 0.167. The SMILES string of the molecule is Cc1cc(C(Cl)c2ccc(Cl)c(F)c2)sc1Br. The van der Waals surface area contributed by atoms with Gasteiger partial charge in [0.15, 0.2) is 0 Å². The molecule has 0 saturated heterocycles. The Hall–Kier alpha value is -0.0900. The molecule has 5 heteroatoms. The molecule has 17 heavy (non-hydrogen) atoms. The molecule has 0 fully saturated rings. The van der Waals surface area contributed by atoms with Crippen molar-refractivity contribution in [2.75, 3.05) is 0 Å². The summed E-state index contributed by atoms with van der Waals surface area (Å²) in [6.07, 6.45) is 0. The predicted octanol–water partition coefficient (Wildman–Crippen LogP) is 5.94. The molecular weight excluding hydrogens is 346 g/mol. The summed E-state index contributed by atoms with van der Waals surface area (Å²) in [5, 5.41) is -0.238. The van der Waals surface area contributed by atoms with Crippen molar-refractivity contribution in [2.45, 2.75) is 12.3 Å². The topological polar surface area (TPSA) is 0 Å². The van der Waals surface area contributed by atoms with Gasteiger partial charge in [0.1, 0.15) is 5.82 Å². The van der Waals surface area contributed by atoms with Gasteiger partial charge >= 0.3 is 0 Å². The number of rotatable bonds is 2. The van der Waals surface area contributed by atoms with Crippen LogP contribution in [-0.2, 0) is 0 Å². The van der Waals surface area contributed by atoms with E-state index in [0.29, 0.717) is 5.56 Å². The standard InChI is InChI=1S/C12H8BrCl2FS/c1-6-4-10(17-12(6)13)11(15)7-2-3-8(14)9(16)5-7/h2-5,11H,1H3. The molecule has 1 unspecified atom stereocenters. The molecule has 1 aromatic carbocycles. The molecule has 90 valence electrons. The van der Waals surface area contributed by atoms with Crippen LogP contribution in [0.2, 0.25) is 5.02 Å². The molecule has 2 rings (SSSR count). The molecule has 1 heterocycles. The molecule has 0 aliphatic rings. The van der Waals surface area contributed by atoms with Gasteiger partial charge in [-0.1, -0.05) is 17.7 Å². The Morgan fingerprint density at radius 2 is 2.06 bits per heavy atom. The van der Waals surface area contributed by atoms with Crippen LogP contribution in [-0.4, -0.2) is 0 Å². The summed E-state index contributed by atoms with van der Waals surface area (Å²) in [6.45, 7) is 2.00. The van der Waals surface area contributed by atoms with E-state index < -0.39 is 5.82 Å². The fourth-order valence-electron chi connectivity index (χ4n) is 1.44. The molecule has 1 atom stereocenters. The number of hydrogen-bond acceptors (Lipinski definition) is 1. The average molecular weight is 354 g/mol. The molecular formula is C12H8BrCl2FS. The fourth-order valence-corrected chi connectivity index (χ4v) is 3.47. The Morgan fingerprint density at radius 1 is 1.35 bits per heavy atom. The van der Waals surface area contributed by atoms with Crippen LogP contribution >= 0.6 is 50.5 Å². The van der Waals surface area contributed by atoms with Gasteiger partial charge in [-0.15, -0.1) is 22.9 Å². The van der Waals surface area contributed by atoms with E-state index in [-0.39, 0.29) is 10.4 Å². The largest absolute Gasteiger partial charge is 0.205 e. The summed E-state index contributed by atoms with van der Waals surface area (Å²) in [4.78, 5) is 0.984. The molecule has 0 bridgehead atoms.